The normalized spacial score (nSPS) is 10.9. The zero-order valence-corrected chi connectivity index (χ0v) is 14.2. The van der Waals surface area contributed by atoms with Crippen LogP contribution in [0.4, 0.5) is 0 Å². The lowest BCUT2D eigenvalue weighted by molar-refractivity contribution is 0.245. The van der Waals surface area contributed by atoms with Gasteiger partial charge in [0.25, 0.3) is 5.89 Å². The maximum absolute atomic E-state index is 5.87. The van der Waals surface area contributed by atoms with E-state index in [0.717, 1.165) is 26.6 Å². The quantitative estimate of drug-likeness (QED) is 0.486. The van der Waals surface area contributed by atoms with Gasteiger partial charge < -0.3 is 9.26 Å². The summed E-state index contributed by atoms with van der Waals surface area (Å²) in [6.07, 6.45) is 0. The van der Waals surface area contributed by atoms with Gasteiger partial charge in [-0.25, -0.2) is 0 Å². The van der Waals surface area contributed by atoms with Crippen LogP contribution in [0.3, 0.4) is 0 Å². The molecule has 0 radical (unpaired) electrons. The molecule has 0 saturated heterocycles. The third kappa shape index (κ3) is 3.03. The van der Waals surface area contributed by atoms with Crippen molar-refractivity contribution in [2.24, 2.45) is 0 Å². The standard InChI is InChI=1S/C19H13BrN2O2/c20-15-10-8-14(9-11-15)19-21-18(24-22-19)12-23-17-7-3-5-13-4-1-2-6-16(13)17/h1-11H,12H2. The number of nitrogens with zero attached hydrogens (tertiary/aromatic N) is 2. The minimum Gasteiger partial charge on any atom is -0.483 e. The summed E-state index contributed by atoms with van der Waals surface area (Å²) in [6.45, 7) is 0.234. The summed E-state index contributed by atoms with van der Waals surface area (Å²) in [5, 5.41) is 6.21. The Morgan fingerprint density at radius 1 is 0.917 bits per heavy atom. The van der Waals surface area contributed by atoms with Crippen molar-refractivity contribution >= 4 is 26.7 Å². The fourth-order valence-corrected chi connectivity index (χ4v) is 2.76. The van der Waals surface area contributed by atoms with Gasteiger partial charge in [0.2, 0.25) is 5.82 Å². The lowest BCUT2D eigenvalue weighted by atomic mass is 10.1. The molecule has 3 aromatic carbocycles. The molecule has 0 spiro atoms. The van der Waals surface area contributed by atoms with Crippen LogP contribution in [-0.2, 0) is 6.61 Å². The van der Waals surface area contributed by atoms with Gasteiger partial charge in [0, 0.05) is 15.4 Å². The second-order valence-electron chi connectivity index (χ2n) is 5.28. The molecule has 5 heteroatoms. The summed E-state index contributed by atoms with van der Waals surface area (Å²) in [7, 11) is 0. The number of hydrogen-bond donors (Lipinski definition) is 0. The molecule has 118 valence electrons. The number of hydrogen-bond acceptors (Lipinski definition) is 4. The minimum atomic E-state index is 0.234. The molecule has 0 N–H and O–H groups in total. The molecule has 0 aliphatic rings. The average molecular weight is 381 g/mol. The third-order valence-electron chi connectivity index (χ3n) is 3.67. The molecule has 1 aromatic heterocycles. The van der Waals surface area contributed by atoms with Gasteiger partial charge in [0.1, 0.15) is 5.75 Å². The van der Waals surface area contributed by atoms with E-state index in [-0.39, 0.29) is 6.61 Å². The Morgan fingerprint density at radius 3 is 2.58 bits per heavy atom. The second-order valence-corrected chi connectivity index (χ2v) is 6.20. The fourth-order valence-electron chi connectivity index (χ4n) is 2.49. The lowest BCUT2D eigenvalue weighted by Crippen LogP contribution is -1.96. The molecule has 0 atom stereocenters. The molecule has 1 heterocycles. The monoisotopic (exact) mass is 380 g/mol. The van der Waals surface area contributed by atoms with Gasteiger partial charge in [-0.05, 0) is 35.7 Å². The van der Waals surface area contributed by atoms with Crippen LogP contribution >= 0.6 is 15.9 Å². The predicted octanol–water partition coefficient (Wildman–Crippen LogP) is 5.23. The smallest absolute Gasteiger partial charge is 0.264 e. The zero-order chi connectivity index (χ0) is 16.4. The lowest BCUT2D eigenvalue weighted by Gasteiger charge is -2.06. The summed E-state index contributed by atoms with van der Waals surface area (Å²) in [5.41, 5.74) is 0.901. The molecule has 4 nitrogen and oxygen atoms in total. The highest BCUT2D eigenvalue weighted by atomic mass is 79.9. The van der Waals surface area contributed by atoms with Crippen molar-refractivity contribution in [3.63, 3.8) is 0 Å². The van der Waals surface area contributed by atoms with E-state index in [9.17, 15) is 0 Å². The number of ether oxygens (including phenoxy) is 1. The topological polar surface area (TPSA) is 48.2 Å². The Bertz CT molecular complexity index is 975. The van der Waals surface area contributed by atoms with Gasteiger partial charge in [-0.15, -0.1) is 0 Å². The number of fused-ring (bicyclic) bond motifs is 1. The highest BCUT2D eigenvalue weighted by Crippen LogP contribution is 2.26. The van der Waals surface area contributed by atoms with Crippen LogP contribution in [0.5, 0.6) is 5.75 Å². The van der Waals surface area contributed by atoms with Crippen molar-refractivity contribution in [1.29, 1.82) is 0 Å². The average Bonchev–Trinajstić information content (AvgIpc) is 3.09. The van der Waals surface area contributed by atoms with Crippen LogP contribution in [0.2, 0.25) is 0 Å². The van der Waals surface area contributed by atoms with Crippen molar-refractivity contribution in [2.45, 2.75) is 6.61 Å². The van der Waals surface area contributed by atoms with Gasteiger partial charge in [0.05, 0.1) is 0 Å². The van der Waals surface area contributed by atoms with Crippen LogP contribution in [0.1, 0.15) is 5.89 Å². The van der Waals surface area contributed by atoms with Gasteiger partial charge in [0.15, 0.2) is 6.61 Å². The van der Waals surface area contributed by atoms with E-state index in [0.29, 0.717) is 11.7 Å². The largest absolute Gasteiger partial charge is 0.483 e. The van der Waals surface area contributed by atoms with Crippen LogP contribution in [0, 0.1) is 0 Å². The summed E-state index contributed by atoms with van der Waals surface area (Å²) < 4.78 is 12.2. The molecule has 0 amide bonds. The van der Waals surface area contributed by atoms with Crippen molar-refractivity contribution in [2.75, 3.05) is 0 Å². The fraction of sp³-hybridized carbons (Fsp3) is 0.0526. The minimum absolute atomic E-state index is 0.234. The number of aromatic nitrogens is 2. The van der Waals surface area contributed by atoms with E-state index < -0.39 is 0 Å². The summed E-state index contributed by atoms with van der Waals surface area (Å²) in [6, 6.07) is 21.8. The van der Waals surface area contributed by atoms with Gasteiger partial charge >= 0.3 is 0 Å². The predicted molar refractivity (Wildman–Crippen MR) is 95.7 cm³/mol. The maximum atomic E-state index is 5.87. The first-order valence-electron chi connectivity index (χ1n) is 7.49. The van der Waals surface area contributed by atoms with E-state index in [1.165, 1.54) is 0 Å². The first-order chi connectivity index (χ1) is 11.8. The number of benzene rings is 3. The van der Waals surface area contributed by atoms with E-state index in [2.05, 4.69) is 38.2 Å². The number of halogens is 1. The maximum Gasteiger partial charge on any atom is 0.264 e. The Kier molecular flexibility index (Phi) is 4.01. The third-order valence-corrected chi connectivity index (χ3v) is 4.20. The zero-order valence-electron chi connectivity index (χ0n) is 12.6. The van der Waals surface area contributed by atoms with Gasteiger partial charge in [-0.2, -0.15) is 4.98 Å². The summed E-state index contributed by atoms with van der Waals surface area (Å²) in [5.74, 6) is 1.80. The Labute approximate surface area is 147 Å². The van der Waals surface area contributed by atoms with Crippen LogP contribution in [0.15, 0.2) is 75.7 Å². The van der Waals surface area contributed by atoms with E-state index in [4.69, 9.17) is 9.26 Å². The highest BCUT2D eigenvalue weighted by molar-refractivity contribution is 9.10. The molecule has 4 aromatic rings. The van der Waals surface area contributed by atoms with Crippen LogP contribution in [-0.4, -0.2) is 10.1 Å². The van der Waals surface area contributed by atoms with Crippen molar-refractivity contribution in [3.05, 3.63) is 77.1 Å². The van der Waals surface area contributed by atoms with E-state index in [1.807, 2.05) is 54.6 Å². The second kappa shape index (κ2) is 6.45. The number of rotatable bonds is 4. The van der Waals surface area contributed by atoms with Crippen molar-refractivity contribution in [1.82, 2.24) is 10.1 Å². The first kappa shape index (κ1) is 14.9. The molecule has 0 unspecified atom stereocenters. The summed E-state index contributed by atoms with van der Waals surface area (Å²) in [4.78, 5) is 4.39. The Hall–Kier alpha value is -2.66. The molecule has 0 aliphatic heterocycles. The molecule has 0 fully saturated rings. The SMILES string of the molecule is Brc1ccc(-c2noc(COc3cccc4ccccc34)n2)cc1. The molecule has 0 bridgehead atoms. The molecule has 24 heavy (non-hydrogen) atoms. The molecule has 0 aliphatic carbocycles. The van der Waals surface area contributed by atoms with E-state index in [1.54, 1.807) is 0 Å². The molecular formula is C19H13BrN2O2. The van der Waals surface area contributed by atoms with Gasteiger partial charge in [-0.3, -0.25) is 0 Å². The summed E-state index contributed by atoms with van der Waals surface area (Å²) >= 11 is 3.41. The van der Waals surface area contributed by atoms with Crippen molar-refractivity contribution < 1.29 is 9.26 Å². The molecule has 0 saturated carbocycles. The Morgan fingerprint density at radius 2 is 1.71 bits per heavy atom. The van der Waals surface area contributed by atoms with Crippen molar-refractivity contribution in [3.8, 4) is 17.1 Å². The Balaban J connectivity index is 1.53. The van der Waals surface area contributed by atoms with E-state index >= 15 is 0 Å². The van der Waals surface area contributed by atoms with Crippen LogP contribution < -0.4 is 4.74 Å². The molecular weight excluding hydrogens is 368 g/mol. The van der Waals surface area contributed by atoms with Crippen LogP contribution in [0.25, 0.3) is 22.2 Å². The van der Waals surface area contributed by atoms with Gasteiger partial charge in [-0.1, -0.05) is 57.5 Å². The molecule has 4 rings (SSSR count). The first-order valence-corrected chi connectivity index (χ1v) is 8.28. The highest BCUT2D eigenvalue weighted by Gasteiger charge is 2.10.